The van der Waals surface area contributed by atoms with Crippen LogP contribution in [-0.4, -0.2) is 15.9 Å². The molecule has 1 aliphatic rings. The standard InChI is InChI=1S/C21H19N3O2/c1-2-13-8-10-14(11-9-13)16-12-17(25)22-20-18(16)21(26)24-19(23-20)15-6-4-3-5-7-15/h3-11,16H,2,12H2,1H3,(H2,22,23,24,25,26)/t16-/m0/s1. The van der Waals surface area contributed by atoms with Gasteiger partial charge in [0, 0.05) is 17.9 Å². The lowest BCUT2D eigenvalue weighted by atomic mass is 9.86. The number of hydrogen-bond acceptors (Lipinski definition) is 3. The summed E-state index contributed by atoms with van der Waals surface area (Å²) >= 11 is 0. The molecule has 26 heavy (non-hydrogen) atoms. The molecule has 0 bridgehead atoms. The van der Waals surface area contributed by atoms with Crippen molar-refractivity contribution in [3.05, 3.63) is 81.6 Å². The topological polar surface area (TPSA) is 74.8 Å². The minimum Gasteiger partial charge on any atom is -0.310 e. The second-order valence-electron chi connectivity index (χ2n) is 6.44. The normalized spacial score (nSPS) is 16.0. The van der Waals surface area contributed by atoms with Crippen LogP contribution in [0.1, 0.15) is 36.0 Å². The van der Waals surface area contributed by atoms with E-state index >= 15 is 0 Å². The first kappa shape index (κ1) is 16.3. The molecule has 3 aromatic rings. The second-order valence-corrected chi connectivity index (χ2v) is 6.44. The minimum absolute atomic E-state index is 0.126. The first-order valence-corrected chi connectivity index (χ1v) is 8.74. The zero-order valence-electron chi connectivity index (χ0n) is 14.5. The van der Waals surface area contributed by atoms with Crippen LogP contribution in [0, 0.1) is 0 Å². The van der Waals surface area contributed by atoms with Crippen molar-refractivity contribution >= 4 is 11.7 Å². The van der Waals surface area contributed by atoms with Crippen LogP contribution < -0.4 is 10.9 Å². The lowest BCUT2D eigenvalue weighted by Gasteiger charge is -2.24. The van der Waals surface area contributed by atoms with Crippen molar-refractivity contribution in [1.29, 1.82) is 0 Å². The SMILES string of the molecule is CCc1ccc([C@@H]2CC(=O)Nc3nc(-c4ccccc4)[nH]c(=O)c32)cc1. The Bertz CT molecular complexity index is 1010. The Balaban J connectivity index is 1.82. The molecule has 5 heteroatoms. The number of fused-ring (bicyclic) bond motifs is 1. The summed E-state index contributed by atoms with van der Waals surface area (Å²) in [6, 6.07) is 17.5. The van der Waals surface area contributed by atoms with Crippen molar-refractivity contribution in [2.24, 2.45) is 0 Å². The molecule has 0 spiro atoms. The highest BCUT2D eigenvalue weighted by Gasteiger charge is 2.30. The van der Waals surface area contributed by atoms with E-state index in [4.69, 9.17) is 0 Å². The van der Waals surface area contributed by atoms with Gasteiger partial charge in [-0.15, -0.1) is 0 Å². The maximum Gasteiger partial charge on any atom is 0.257 e. The molecule has 1 atom stereocenters. The zero-order chi connectivity index (χ0) is 18.1. The molecule has 4 rings (SSSR count). The van der Waals surface area contributed by atoms with Gasteiger partial charge < -0.3 is 10.3 Å². The summed E-state index contributed by atoms with van der Waals surface area (Å²) in [5.74, 6) is 0.398. The monoisotopic (exact) mass is 345 g/mol. The third-order valence-electron chi connectivity index (χ3n) is 4.79. The number of carbonyl (C=O) groups excluding carboxylic acids is 1. The summed E-state index contributed by atoms with van der Waals surface area (Å²) in [6.07, 6.45) is 1.19. The zero-order valence-corrected chi connectivity index (χ0v) is 14.5. The van der Waals surface area contributed by atoms with Crippen molar-refractivity contribution in [1.82, 2.24) is 9.97 Å². The molecule has 0 fully saturated rings. The Morgan fingerprint density at radius 2 is 1.77 bits per heavy atom. The van der Waals surface area contributed by atoms with Gasteiger partial charge in [0.05, 0.1) is 5.56 Å². The predicted molar refractivity (Wildman–Crippen MR) is 101 cm³/mol. The number of rotatable bonds is 3. The van der Waals surface area contributed by atoms with Crippen molar-refractivity contribution in [3.63, 3.8) is 0 Å². The molecule has 0 radical (unpaired) electrons. The summed E-state index contributed by atoms with van der Waals surface area (Å²) in [6.45, 7) is 2.10. The van der Waals surface area contributed by atoms with Crippen LogP contribution in [0.25, 0.3) is 11.4 Å². The molecule has 1 aliphatic heterocycles. The molecule has 130 valence electrons. The van der Waals surface area contributed by atoms with Crippen LogP contribution in [-0.2, 0) is 11.2 Å². The van der Waals surface area contributed by atoms with Gasteiger partial charge in [0.2, 0.25) is 5.91 Å². The molecule has 0 aliphatic carbocycles. The average molecular weight is 345 g/mol. The van der Waals surface area contributed by atoms with E-state index in [0.717, 1.165) is 17.5 Å². The summed E-state index contributed by atoms with van der Waals surface area (Å²) in [5, 5.41) is 2.76. The van der Waals surface area contributed by atoms with Crippen LogP contribution in [0.2, 0.25) is 0 Å². The number of anilines is 1. The van der Waals surface area contributed by atoms with E-state index in [9.17, 15) is 9.59 Å². The fourth-order valence-electron chi connectivity index (χ4n) is 3.37. The van der Waals surface area contributed by atoms with E-state index < -0.39 is 0 Å². The Morgan fingerprint density at radius 3 is 2.46 bits per heavy atom. The highest BCUT2D eigenvalue weighted by molar-refractivity contribution is 5.94. The lowest BCUT2D eigenvalue weighted by Crippen LogP contribution is -2.31. The van der Waals surface area contributed by atoms with E-state index in [1.165, 1.54) is 5.56 Å². The number of amides is 1. The van der Waals surface area contributed by atoms with Gasteiger partial charge in [-0.3, -0.25) is 9.59 Å². The van der Waals surface area contributed by atoms with E-state index in [-0.39, 0.29) is 23.8 Å². The Labute approximate surface area is 151 Å². The molecular weight excluding hydrogens is 326 g/mol. The van der Waals surface area contributed by atoms with E-state index in [0.29, 0.717) is 17.2 Å². The first-order valence-electron chi connectivity index (χ1n) is 8.74. The predicted octanol–water partition coefficient (Wildman–Crippen LogP) is 3.47. The number of carbonyl (C=O) groups is 1. The van der Waals surface area contributed by atoms with Gasteiger partial charge >= 0.3 is 0 Å². The maximum absolute atomic E-state index is 12.8. The van der Waals surface area contributed by atoms with Crippen molar-refractivity contribution in [2.45, 2.75) is 25.7 Å². The molecule has 5 nitrogen and oxygen atoms in total. The molecule has 0 saturated heterocycles. The van der Waals surface area contributed by atoms with E-state index in [1.807, 2.05) is 54.6 Å². The van der Waals surface area contributed by atoms with Crippen LogP contribution in [0.5, 0.6) is 0 Å². The van der Waals surface area contributed by atoms with Crippen molar-refractivity contribution in [3.8, 4) is 11.4 Å². The summed E-state index contributed by atoms with van der Waals surface area (Å²) < 4.78 is 0. The van der Waals surface area contributed by atoms with Crippen molar-refractivity contribution < 1.29 is 4.79 Å². The molecule has 1 amide bonds. The Kier molecular flexibility index (Phi) is 4.13. The van der Waals surface area contributed by atoms with Gasteiger partial charge in [-0.2, -0.15) is 0 Å². The van der Waals surface area contributed by atoms with Crippen LogP contribution in [0.15, 0.2) is 59.4 Å². The third-order valence-corrected chi connectivity index (χ3v) is 4.79. The fraction of sp³-hybridized carbons (Fsp3) is 0.190. The third kappa shape index (κ3) is 2.92. The van der Waals surface area contributed by atoms with E-state index in [1.54, 1.807) is 0 Å². The minimum atomic E-state index is -0.286. The number of aromatic nitrogens is 2. The van der Waals surface area contributed by atoms with Crippen LogP contribution >= 0.6 is 0 Å². The molecule has 2 aromatic carbocycles. The first-order chi connectivity index (χ1) is 12.7. The highest BCUT2D eigenvalue weighted by atomic mass is 16.2. The molecule has 2 N–H and O–H groups in total. The van der Waals surface area contributed by atoms with Crippen molar-refractivity contribution in [2.75, 3.05) is 5.32 Å². The average Bonchev–Trinajstić information content (AvgIpc) is 2.67. The molecular formula is C21H19N3O2. The Morgan fingerprint density at radius 1 is 1.04 bits per heavy atom. The number of benzene rings is 2. The van der Waals surface area contributed by atoms with Gasteiger partial charge in [-0.05, 0) is 17.5 Å². The lowest BCUT2D eigenvalue weighted by molar-refractivity contribution is -0.116. The number of H-pyrrole nitrogens is 1. The quantitative estimate of drug-likeness (QED) is 0.763. The number of nitrogens with one attached hydrogen (secondary N) is 2. The molecule has 0 unspecified atom stereocenters. The number of nitrogens with zero attached hydrogens (tertiary/aromatic N) is 1. The van der Waals surface area contributed by atoms with Gasteiger partial charge in [-0.1, -0.05) is 61.5 Å². The molecule has 2 heterocycles. The second kappa shape index (κ2) is 6.59. The smallest absolute Gasteiger partial charge is 0.257 e. The van der Waals surface area contributed by atoms with Crippen LogP contribution in [0.3, 0.4) is 0 Å². The highest BCUT2D eigenvalue weighted by Crippen LogP contribution is 2.34. The number of aromatic amines is 1. The largest absolute Gasteiger partial charge is 0.310 e. The molecule has 0 saturated carbocycles. The van der Waals surface area contributed by atoms with Gasteiger partial charge in [0.15, 0.2) is 0 Å². The van der Waals surface area contributed by atoms with E-state index in [2.05, 4.69) is 22.2 Å². The number of aryl methyl sites for hydroxylation is 1. The van der Waals surface area contributed by atoms with Gasteiger partial charge in [0.1, 0.15) is 11.6 Å². The summed E-state index contributed by atoms with van der Waals surface area (Å²) in [4.78, 5) is 32.4. The summed E-state index contributed by atoms with van der Waals surface area (Å²) in [7, 11) is 0. The Hall–Kier alpha value is -3.21. The summed E-state index contributed by atoms with van der Waals surface area (Å²) in [5.41, 5.74) is 3.29. The van der Waals surface area contributed by atoms with Gasteiger partial charge in [-0.25, -0.2) is 4.98 Å². The fourth-order valence-corrected chi connectivity index (χ4v) is 3.37. The molecule has 1 aromatic heterocycles. The van der Waals surface area contributed by atoms with Gasteiger partial charge in [0.25, 0.3) is 5.56 Å². The number of hydrogen-bond donors (Lipinski definition) is 2. The maximum atomic E-state index is 12.8. The van der Waals surface area contributed by atoms with Crippen LogP contribution in [0.4, 0.5) is 5.82 Å².